The number of hydrogen-bond acceptors (Lipinski definition) is 9. The first-order chi connectivity index (χ1) is 22.5. The van der Waals surface area contributed by atoms with E-state index in [0.717, 1.165) is 76.3 Å². The molecule has 0 spiro atoms. The van der Waals surface area contributed by atoms with Gasteiger partial charge in [0.05, 0.1) is 24.7 Å². The van der Waals surface area contributed by atoms with Gasteiger partial charge in [0.1, 0.15) is 5.75 Å². The Labute approximate surface area is 270 Å². The number of cyclic esters (lactones) is 2. The fourth-order valence-corrected chi connectivity index (χ4v) is 6.19. The standard InChI is InChI=1S/C35H43N5O6/c36-28-29-12-14-30(15-13-29)39(24-9-27-44-31-10-2-1-3-11-31)34(43)40(25-8-23-37-19-4-5-20-37)35(18-26-38-21-6-7-22-38)45-32(41)16-17-33(42)46-35/h1-3,10-17H,4-9,18-27H2. The molecule has 3 aliphatic heterocycles. The molecule has 2 aromatic carbocycles. The number of carbonyl (C=O) groups is 3. The maximum atomic E-state index is 14.8. The van der Waals surface area contributed by atoms with Gasteiger partial charge in [-0.3, -0.25) is 9.80 Å². The van der Waals surface area contributed by atoms with E-state index in [1.165, 1.54) is 4.90 Å². The summed E-state index contributed by atoms with van der Waals surface area (Å²) in [5.41, 5.74) is 1.03. The van der Waals surface area contributed by atoms with E-state index in [1.807, 2.05) is 30.3 Å². The lowest BCUT2D eigenvalue weighted by molar-refractivity contribution is -0.272. The highest BCUT2D eigenvalue weighted by Crippen LogP contribution is 2.31. The van der Waals surface area contributed by atoms with E-state index in [4.69, 9.17) is 14.2 Å². The highest BCUT2D eigenvalue weighted by molar-refractivity contribution is 5.95. The van der Waals surface area contributed by atoms with E-state index in [2.05, 4.69) is 15.9 Å². The van der Waals surface area contributed by atoms with Crippen molar-refractivity contribution in [3.05, 3.63) is 72.3 Å². The summed E-state index contributed by atoms with van der Waals surface area (Å²) in [5, 5.41) is 9.40. The third-order valence-corrected chi connectivity index (χ3v) is 8.59. The largest absolute Gasteiger partial charge is 0.494 e. The number of para-hydroxylation sites is 1. The number of ether oxygens (including phenoxy) is 3. The monoisotopic (exact) mass is 629 g/mol. The quantitative estimate of drug-likeness (QED) is 0.219. The Bertz CT molecular complexity index is 1360. The number of benzene rings is 2. The van der Waals surface area contributed by atoms with Crippen molar-refractivity contribution in [2.45, 2.75) is 50.9 Å². The second kappa shape index (κ2) is 16.2. The first-order valence-electron chi connectivity index (χ1n) is 16.3. The van der Waals surface area contributed by atoms with Gasteiger partial charge in [0.25, 0.3) is 0 Å². The van der Waals surface area contributed by atoms with Crippen molar-refractivity contribution >= 4 is 23.7 Å². The van der Waals surface area contributed by atoms with Crippen molar-refractivity contribution in [3.8, 4) is 11.8 Å². The van der Waals surface area contributed by atoms with Crippen molar-refractivity contribution in [2.24, 2.45) is 0 Å². The van der Waals surface area contributed by atoms with Crippen LogP contribution in [-0.4, -0.2) is 97.5 Å². The van der Waals surface area contributed by atoms with Crippen LogP contribution < -0.4 is 9.64 Å². The Balaban J connectivity index is 1.44. The molecule has 0 saturated carbocycles. The summed E-state index contributed by atoms with van der Waals surface area (Å²) in [6.07, 6.45) is 7.69. The third-order valence-electron chi connectivity index (χ3n) is 8.59. The summed E-state index contributed by atoms with van der Waals surface area (Å²) < 4.78 is 17.8. The van der Waals surface area contributed by atoms with Gasteiger partial charge in [-0.15, -0.1) is 0 Å². The summed E-state index contributed by atoms with van der Waals surface area (Å²) in [4.78, 5) is 48.3. The number of likely N-dealkylation sites (tertiary alicyclic amines) is 2. The van der Waals surface area contributed by atoms with Crippen LogP contribution in [0.5, 0.6) is 5.75 Å². The van der Waals surface area contributed by atoms with E-state index < -0.39 is 23.9 Å². The Morgan fingerprint density at radius 3 is 2.04 bits per heavy atom. The van der Waals surface area contributed by atoms with Gasteiger partial charge < -0.3 is 24.0 Å². The first-order valence-corrected chi connectivity index (χ1v) is 16.3. The summed E-state index contributed by atoms with van der Waals surface area (Å²) in [5.74, 6) is -2.70. The van der Waals surface area contributed by atoms with Crippen LogP contribution in [0, 0.1) is 11.3 Å². The molecule has 11 nitrogen and oxygen atoms in total. The zero-order chi connectivity index (χ0) is 32.2. The minimum atomic E-state index is -1.94. The van der Waals surface area contributed by atoms with Crippen LogP contribution in [0.15, 0.2) is 66.7 Å². The third kappa shape index (κ3) is 8.86. The van der Waals surface area contributed by atoms with Crippen LogP contribution in [0.3, 0.4) is 0 Å². The van der Waals surface area contributed by atoms with Crippen LogP contribution in [0.2, 0.25) is 0 Å². The van der Waals surface area contributed by atoms with E-state index in [1.54, 1.807) is 29.2 Å². The van der Waals surface area contributed by atoms with Crippen molar-refractivity contribution in [3.63, 3.8) is 0 Å². The van der Waals surface area contributed by atoms with E-state index >= 15 is 0 Å². The number of esters is 2. The lowest BCUT2D eigenvalue weighted by atomic mass is 10.2. The number of urea groups is 1. The average Bonchev–Trinajstić information content (AvgIpc) is 3.78. The van der Waals surface area contributed by atoms with E-state index in [9.17, 15) is 19.6 Å². The van der Waals surface area contributed by atoms with Crippen molar-refractivity contribution < 1.29 is 28.6 Å². The fourth-order valence-electron chi connectivity index (χ4n) is 6.19. The molecule has 5 rings (SSSR count). The SMILES string of the molecule is N#Cc1ccc(N(CCCOc2ccccc2)C(=O)N(CCCN2CCCC2)C2(CCN3CCCC3)OC(=O)C=CC(=O)O2)cc1. The molecule has 11 heteroatoms. The summed E-state index contributed by atoms with van der Waals surface area (Å²) in [6.45, 7) is 5.84. The zero-order valence-electron chi connectivity index (χ0n) is 26.4. The van der Waals surface area contributed by atoms with Gasteiger partial charge >= 0.3 is 23.9 Å². The lowest BCUT2D eigenvalue weighted by Crippen LogP contribution is -2.61. The minimum Gasteiger partial charge on any atom is -0.494 e. The van der Waals surface area contributed by atoms with Crippen LogP contribution in [-0.2, 0) is 19.1 Å². The van der Waals surface area contributed by atoms with Gasteiger partial charge in [-0.25, -0.2) is 14.4 Å². The molecule has 3 aliphatic rings. The number of carbonyl (C=O) groups excluding carboxylic acids is 3. The molecule has 0 atom stereocenters. The Kier molecular flexibility index (Phi) is 11.6. The molecule has 244 valence electrons. The molecule has 0 aromatic heterocycles. The maximum absolute atomic E-state index is 14.8. The number of nitrogens with zero attached hydrogens (tertiary/aromatic N) is 5. The molecule has 0 N–H and O–H groups in total. The van der Waals surface area contributed by atoms with Crippen molar-refractivity contribution in [2.75, 3.05) is 63.9 Å². The summed E-state index contributed by atoms with van der Waals surface area (Å²) >= 11 is 0. The molecule has 0 unspecified atom stereocenters. The normalized spacial score (nSPS) is 18.0. The molecule has 0 radical (unpaired) electrons. The Morgan fingerprint density at radius 2 is 1.43 bits per heavy atom. The van der Waals surface area contributed by atoms with Crippen molar-refractivity contribution in [1.82, 2.24) is 14.7 Å². The molecular formula is C35H43N5O6. The van der Waals surface area contributed by atoms with Gasteiger partial charge in [0.15, 0.2) is 0 Å². The van der Waals surface area contributed by atoms with Crippen LogP contribution in [0.4, 0.5) is 10.5 Å². The Morgan fingerprint density at radius 1 is 0.826 bits per heavy atom. The van der Waals surface area contributed by atoms with Gasteiger partial charge in [-0.05, 0) is 108 Å². The Hall–Kier alpha value is -4.40. The molecule has 2 saturated heterocycles. The molecule has 2 amide bonds. The predicted octanol–water partition coefficient (Wildman–Crippen LogP) is 4.54. The maximum Gasteiger partial charge on any atom is 0.347 e. The highest BCUT2D eigenvalue weighted by Gasteiger charge is 2.49. The van der Waals surface area contributed by atoms with Crippen LogP contribution >= 0.6 is 0 Å². The highest BCUT2D eigenvalue weighted by atomic mass is 16.8. The molecule has 0 aliphatic carbocycles. The van der Waals surface area contributed by atoms with E-state index in [0.29, 0.717) is 37.2 Å². The lowest BCUT2D eigenvalue weighted by Gasteiger charge is -2.43. The van der Waals surface area contributed by atoms with Gasteiger partial charge in [0.2, 0.25) is 0 Å². The van der Waals surface area contributed by atoms with Crippen LogP contribution in [0.25, 0.3) is 0 Å². The summed E-state index contributed by atoms with van der Waals surface area (Å²) in [6, 6.07) is 17.9. The molecule has 2 aromatic rings. The zero-order valence-corrected chi connectivity index (χ0v) is 26.4. The minimum absolute atomic E-state index is 0.111. The van der Waals surface area contributed by atoms with E-state index in [-0.39, 0.29) is 19.5 Å². The number of anilines is 1. The second-order valence-electron chi connectivity index (χ2n) is 11.8. The fraction of sp³-hybridized carbons (Fsp3) is 0.486. The van der Waals surface area contributed by atoms with Gasteiger partial charge in [-0.1, -0.05) is 18.2 Å². The number of rotatable bonds is 14. The van der Waals surface area contributed by atoms with Gasteiger partial charge in [0, 0.05) is 37.5 Å². The smallest absolute Gasteiger partial charge is 0.347 e. The summed E-state index contributed by atoms with van der Waals surface area (Å²) in [7, 11) is 0. The number of nitriles is 1. The molecule has 46 heavy (non-hydrogen) atoms. The predicted molar refractivity (Wildman–Crippen MR) is 172 cm³/mol. The van der Waals surface area contributed by atoms with Gasteiger partial charge in [-0.2, -0.15) is 5.26 Å². The molecule has 2 fully saturated rings. The molecule has 0 bridgehead atoms. The van der Waals surface area contributed by atoms with Crippen LogP contribution in [0.1, 0.15) is 50.5 Å². The number of hydrogen-bond donors (Lipinski definition) is 0. The number of amides is 2. The molecule has 3 heterocycles. The first kappa shape index (κ1) is 33.0. The second-order valence-corrected chi connectivity index (χ2v) is 11.8. The topological polar surface area (TPSA) is 116 Å². The average molecular weight is 630 g/mol. The molecular weight excluding hydrogens is 586 g/mol. The van der Waals surface area contributed by atoms with Crippen molar-refractivity contribution in [1.29, 1.82) is 5.26 Å².